The highest BCUT2D eigenvalue weighted by molar-refractivity contribution is 5.98. The van der Waals surface area contributed by atoms with Gasteiger partial charge in [-0.2, -0.15) is 13.9 Å². The van der Waals surface area contributed by atoms with Crippen molar-refractivity contribution in [1.29, 1.82) is 0 Å². The lowest BCUT2D eigenvalue weighted by atomic mass is 9.97. The fourth-order valence-corrected chi connectivity index (χ4v) is 4.72. The minimum Gasteiger partial charge on any atom is -0.434 e. The fraction of sp³-hybridized carbons (Fsp3) is 0.208. The van der Waals surface area contributed by atoms with Crippen LogP contribution in [-0.2, 0) is 7.05 Å². The number of ether oxygens (including phenoxy) is 1. The summed E-state index contributed by atoms with van der Waals surface area (Å²) >= 11 is 0. The largest absolute Gasteiger partial charge is 0.434 e. The number of benzene rings is 2. The number of hydrogen-bond acceptors (Lipinski definition) is 4. The fourth-order valence-electron chi connectivity index (χ4n) is 4.72. The first-order valence-corrected chi connectivity index (χ1v) is 10.4. The standard InChI is InChI=1S/C24H17F2N5O2/c1-30-12-14(11-27-30)6-5-13-7-8-16-18(9-13)31-19-10-17(22(31)28-16)29-23(32)15-3-2-4-20(21(15)19)33-24(25)26/h2-4,7-9,11-12,17,19,24H,10H2,1H3,(H,29,32)/t17-,19-/m1/s1. The monoisotopic (exact) mass is 445 g/mol. The van der Waals surface area contributed by atoms with Crippen molar-refractivity contribution in [3.05, 3.63) is 76.9 Å². The molecule has 2 aliphatic rings. The van der Waals surface area contributed by atoms with E-state index in [9.17, 15) is 13.6 Å². The zero-order chi connectivity index (χ0) is 22.7. The Balaban J connectivity index is 1.50. The van der Waals surface area contributed by atoms with Crippen molar-refractivity contribution in [1.82, 2.24) is 24.6 Å². The number of imidazole rings is 1. The van der Waals surface area contributed by atoms with Gasteiger partial charge in [0.2, 0.25) is 0 Å². The maximum absolute atomic E-state index is 13.1. The lowest BCUT2D eigenvalue weighted by molar-refractivity contribution is -0.0507. The first-order valence-electron chi connectivity index (χ1n) is 10.4. The number of hydrogen-bond donors (Lipinski definition) is 1. The third kappa shape index (κ3) is 3.14. The van der Waals surface area contributed by atoms with E-state index in [4.69, 9.17) is 9.72 Å². The number of carbonyl (C=O) groups excluding carboxylic acids is 1. The maximum Gasteiger partial charge on any atom is 0.387 e. The first kappa shape index (κ1) is 19.5. The Morgan fingerprint density at radius 3 is 2.85 bits per heavy atom. The third-order valence-corrected chi connectivity index (χ3v) is 6.02. The number of amides is 1. The van der Waals surface area contributed by atoms with Gasteiger partial charge < -0.3 is 14.6 Å². The summed E-state index contributed by atoms with van der Waals surface area (Å²) in [6, 6.07) is 9.65. The number of fused-ring (bicyclic) bond motifs is 9. The van der Waals surface area contributed by atoms with E-state index in [-0.39, 0.29) is 23.7 Å². The van der Waals surface area contributed by atoms with Gasteiger partial charge in [0.25, 0.3) is 5.91 Å². The molecule has 0 fully saturated rings. The van der Waals surface area contributed by atoms with Crippen LogP contribution in [0.1, 0.15) is 51.4 Å². The van der Waals surface area contributed by atoms with Crippen LogP contribution in [0.15, 0.2) is 48.8 Å². The quantitative estimate of drug-likeness (QED) is 0.479. The molecule has 4 heterocycles. The average molecular weight is 445 g/mol. The minimum atomic E-state index is -2.99. The van der Waals surface area contributed by atoms with E-state index in [1.165, 1.54) is 6.07 Å². The summed E-state index contributed by atoms with van der Waals surface area (Å²) in [5, 5.41) is 7.10. The molecule has 0 radical (unpaired) electrons. The van der Waals surface area contributed by atoms with Gasteiger partial charge in [-0.3, -0.25) is 9.48 Å². The van der Waals surface area contributed by atoms with E-state index in [1.54, 1.807) is 23.0 Å². The van der Waals surface area contributed by atoms with Crippen LogP contribution in [0, 0.1) is 11.8 Å². The molecule has 0 aliphatic carbocycles. The minimum absolute atomic E-state index is 0.00511. The van der Waals surface area contributed by atoms with Crippen LogP contribution >= 0.6 is 0 Å². The van der Waals surface area contributed by atoms with Gasteiger partial charge in [-0.1, -0.05) is 17.9 Å². The number of halogens is 2. The summed E-state index contributed by atoms with van der Waals surface area (Å²) in [6.45, 7) is -2.99. The number of alkyl halides is 2. The Kier molecular flexibility index (Phi) is 4.23. The molecule has 2 aromatic heterocycles. The molecule has 2 aliphatic heterocycles. The van der Waals surface area contributed by atoms with E-state index in [0.717, 1.165) is 22.2 Å². The highest BCUT2D eigenvalue weighted by atomic mass is 19.3. The highest BCUT2D eigenvalue weighted by Crippen LogP contribution is 2.47. The molecule has 0 spiro atoms. The maximum atomic E-state index is 13.1. The Labute approximate surface area is 187 Å². The van der Waals surface area contributed by atoms with E-state index in [1.807, 2.05) is 36.0 Å². The van der Waals surface area contributed by atoms with Crippen molar-refractivity contribution >= 4 is 16.9 Å². The van der Waals surface area contributed by atoms with E-state index in [0.29, 0.717) is 23.4 Å². The number of aryl methyl sites for hydroxylation is 1. The third-order valence-electron chi connectivity index (χ3n) is 6.02. The molecule has 7 nitrogen and oxygen atoms in total. The zero-order valence-electron chi connectivity index (χ0n) is 17.4. The summed E-state index contributed by atoms with van der Waals surface area (Å²) in [7, 11) is 1.83. The van der Waals surface area contributed by atoms with Crippen LogP contribution in [0.3, 0.4) is 0 Å². The Morgan fingerprint density at radius 1 is 1.21 bits per heavy atom. The predicted molar refractivity (Wildman–Crippen MR) is 115 cm³/mol. The van der Waals surface area contributed by atoms with Gasteiger partial charge in [-0.05, 0) is 36.8 Å². The molecule has 2 atom stereocenters. The smallest absolute Gasteiger partial charge is 0.387 e. The second-order valence-corrected chi connectivity index (χ2v) is 8.07. The van der Waals surface area contributed by atoms with Crippen molar-refractivity contribution in [2.24, 2.45) is 7.05 Å². The molecule has 2 bridgehead atoms. The molecule has 0 saturated carbocycles. The van der Waals surface area contributed by atoms with Crippen LogP contribution in [0.5, 0.6) is 5.75 Å². The van der Waals surface area contributed by atoms with Crippen molar-refractivity contribution in [2.45, 2.75) is 25.1 Å². The molecule has 9 heteroatoms. The summed E-state index contributed by atoms with van der Waals surface area (Å²) in [5.41, 5.74) is 3.94. The van der Waals surface area contributed by atoms with E-state index >= 15 is 0 Å². The van der Waals surface area contributed by atoms with Crippen LogP contribution < -0.4 is 10.1 Å². The molecular formula is C24H17F2N5O2. The molecule has 2 aromatic carbocycles. The summed E-state index contributed by atoms with van der Waals surface area (Å²) < 4.78 is 34.8. The lowest BCUT2D eigenvalue weighted by Gasteiger charge is -2.21. The Morgan fingerprint density at radius 2 is 2.06 bits per heavy atom. The molecule has 33 heavy (non-hydrogen) atoms. The topological polar surface area (TPSA) is 74.0 Å². The van der Waals surface area contributed by atoms with Gasteiger partial charge in [0.15, 0.2) is 0 Å². The van der Waals surface area contributed by atoms with Crippen LogP contribution in [0.4, 0.5) is 8.78 Å². The molecule has 0 saturated heterocycles. The average Bonchev–Trinajstić information content (AvgIpc) is 3.43. The molecule has 6 rings (SSSR count). The summed E-state index contributed by atoms with van der Waals surface area (Å²) in [6.07, 6.45) is 4.03. The van der Waals surface area contributed by atoms with Gasteiger partial charge in [0.1, 0.15) is 11.6 Å². The van der Waals surface area contributed by atoms with Gasteiger partial charge in [-0.15, -0.1) is 0 Å². The number of carbonyl (C=O) groups is 1. The number of nitrogens with one attached hydrogen (secondary N) is 1. The second-order valence-electron chi connectivity index (χ2n) is 8.07. The summed E-state index contributed by atoms with van der Waals surface area (Å²) in [5.74, 6) is 6.61. The van der Waals surface area contributed by atoms with Crippen LogP contribution in [0.2, 0.25) is 0 Å². The zero-order valence-corrected chi connectivity index (χ0v) is 17.4. The van der Waals surface area contributed by atoms with Gasteiger partial charge >= 0.3 is 6.61 Å². The number of aromatic nitrogens is 4. The lowest BCUT2D eigenvalue weighted by Crippen LogP contribution is -2.28. The molecule has 1 amide bonds. The molecule has 164 valence electrons. The van der Waals surface area contributed by atoms with Gasteiger partial charge in [-0.25, -0.2) is 4.98 Å². The second kappa shape index (κ2) is 7.17. The van der Waals surface area contributed by atoms with Crippen LogP contribution in [-0.4, -0.2) is 31.9 Å². The molecule has 1 N–H and O–H groups in total. The Hall–Kier alpha value is -4.19. The number of nitrogens with zero attached hydrogens (tertiary/aromatic N) is 4. The van der Waals surface area contributed by atoms with E-state index < -0.39 is 6.61 Å². The van der Waals surface area contributed by atoms with Gasteiger partial charge in [0.05, 0.1) is 34.9 Å². The van der Waals surface area contributed by atoms with Crippen molar-refractivity contribution in [3.8, 4) is 17.6 Å². The van der Waals surface area contributed by atoms with Crippen LogP contribution in [0.25, 0.3) is 11.0 Å². The number of rotatable bonds is 2. The van der Waals surface area contributed by atoms with Gasteiger partial charge in [0, 0.05) is 29.9 Å². The first-order chi connectivity index (χ1) is 16.0. The predicted octanol–water partition coefficient (Wildman–Crippen LogP) is 3.55. The summed E-state index contributed by atoms with van der Waals surface area (Å²) in [4.78, 5) is 17.6. The molecule has 4 aromatic rings. The Bertz CT molecular complexity index is 1490. The van der Waals surface area contributed by atoms with Crippen molar-refractivity contribution in [3.63, 3.8) is 0 Å². The van der Waals surface area contributed by atoms with Crippen molar-refractivity contribution < 1.29 is 18.3 Å². The van der Waals surface area contributed by atoms with E-state index in [2.05, 4.69) is 22.3 Å². The van der Waals surface area contributed by atoms with Crippen molar-refractivity contribution in [2.75, 3.05) is 0 Å². The normalized spacial score (nSPS) is 18.4. The molecule has 0 unspecified atom stereocenters. The molecular weight excluding hydrogens is 428 g/mol. The highest BCUT2D eigenvalue weighted by Gasteiger charge is 2.42. The SMILES string of the molecule is Cn1cc(C#Cc2ccc3nc4n(c3c2)[C@@H]2C[C@H]4NC(=O)c3cccc(OC(F)F)c32)cn1.